The van der Waals surface area contributed by atoms with Crippen molar-refractivity contribution in [2.24, 2.45) is 0 Å². The number of thiocarbonyl (C=S) groups is 1. The Kier molecular flexibility index (Phi) is 5.49. The van der Waals surface area contributed by atoms with E-state index < -0.39 is 0 Å². The average Bonchev–Trinajstić information content (AvgIpc) is 3.48. The summed E-state index contributed by atoms with van der Waals surface area (Å²) < 4.78 is 2.31. The summed E-state index contributed by atoms with van der Waals surface area (Å²) in [5.74, 6) is 0. The van der Waals surface area contributed by atoms with Gasteiger partial charge in [0.05, 0.1) is 17.8 Å². The molecule has 0 bridgehead atoms. The molecule has 2 fully saturated rings. The van der Waals surface area contributed by atoms with E-state index in [1.54, 1.807) is 0 Å². The van der Waals surface area contributed by atoms with Crippen LogP contribution in [0.5, 0.6) is 0 Å². The predicted molar refractivity (Wildman–Crippen MR) is 130 cm³/mol. The van der Waals surface area contributed by atoms with E-state index in [2.05, 4.69) is 63.9 Å². The monoisotopic (exact) mass is 450 g/mol. The van der Waals surface area contributed by atoms with Gasteiger partial charge in [-0.25, -0.2) is 0 Å². The molecular weight excluding hydrogens is 424 g/mol. The van der Waals surface area contributed by atoms with Gasteiger partial charge in [0.15, 0.2) is 5.11 Å². The second-order valence-electron chi connectivity index (χ2n) is 8.61. The van der Waals surface area contributed by atoms with Crippen LogP contribution in [0.4, 0.5) is 0 Å². The van der Waals surface area contributed by atoms with Gasteiger partial charge in [0, 0.05) is 34.3 Å². The topological polar surface area (TPSA) is 33.1 Å². The van der Waals surface area contributed by atoms with E-state index in [9.17, 15) is 0 Å². The third-order valence-electron chi connectivity index (χ3n) is 6.73. The van der Waals surface area contributed by atoms with E-state index in [0.29, 0.717) is 6.04 Å². The molecule has 1 saturated carbocycles. The highest BCUT2D eigenvalue weighted by molar-refractivity contribution is 7.80. The van der Waals surface area contributed by atoms with Crippen molar-refractivity contribution in [1.82, 2.24) is 19.8 Å². The number of hydrogen-bond acceptors (Lipinski definition) is 2. The van der Waals surface area contributed by atoms with E-state index >= 15 is 0 Å². The number of hydrogen-bond donors (Lipinski definition) is 1. The molecule has 160 valence electrons. The molecule has 0 unspecified atom stereocenters. The molecule has 4 nitrogen and oxygen atoms in total. The van der Waals surface area contributed by atoms with Crippen LogP contribution in [0.2, 0.25) is 5.02 Å². The number of nitrogens with zero attached hydrogens (tertiary/aromatic N) is 3. The Hall–Kier alpha value is -2.37. The highest BCUT2D eigenvalue weighted by atomic mass is 35.5. The lowest BCUT2D eigenvalue weighted by Gasteiger charge is -2.33. The van der Waals surface area contributed by atoms with Gasteiger partial charge in [-0.1, -0.05) is 30.5 Å². The molecule has 1 saturated heterocycles. The van der Waals surface area contributed by atoms with Crippen LogP contribution in [0, 0.1) is 13.8 Å². The zero-order valence-electron chi connectivity index (χ0n) is 17.9. The molecular formula is C25H27ClN4S. The van der Waals surface area contributed by atoms with Gasteiger partial charge in [-0.15, -0.1) is 0 Å². The molecule has 0 radical (unpaired) electrons. The second-order valence-corrected chi connectivity index (χ2v) is 9.43. The van der Waals surface area contributed by atoms with E-state index in [4.69, 9.17) is 23.8 Å². The lowest BCUT2D eigenvalue weighted by molar-refractivity contribution is 0.245. The first-order valence-electron chi connectivity index (χ1n) is 11.0. The summed E-state index contributed by atoms with van der Waals surface area (Å²) in [6.07, 6.45) is 6.81. The maximum absolute atomic E-state index is 6.14. The first-order valence-corrected chi connectivity index (χ1v) is 11.8. The highest BCUT2D eigenvalue weighted by Crippen LogP contribution is 2.44. The molecule has 31 heavy (non-hydrogen) atoms. The minimum absolute atomic E-state index is 0.0356. The molecule has 1 aliphatic heterocycles. The second kappa shape index (κ2) is 8.29. The van der Waals surface area contributed by atoms with Crippen LogP contribution in [0.25, 0.3) is 5.69 Å². The minimum atomic E-state index is 0.0356. The van der Waals surface area contributed by atoms with Gasteiger partial charge in [-0.2, -0.15) is 0 Å². The summed E-state index contributed by atoms with van der Waals surface area (Å²) in [5, 5.41) is 5.22. The number of rotatable bonds is 4. The Morgan fingerprint density at radius 1 is 1.06 bits per heavy atom. The summed E-state index contributed by atoms with van der Waals surface area (Å²) in [6, 6.07) is 17.1. The van der Waals surface area contributed by atoms with Crippen LogP contribution in [0.15, 0.2) is 54.7 Å². The lowest BCUT2D eigenvalue weighted by Crippen LogP contribution is -2.37. The fourth-order valence-electron chi connectivity index (χ4n) is 5.35. The predicted octanol–water partition coefficient (Wildman–Crippen LogP) is 6.06. The summed E-state index contributed by atoms with van der Waals surface area (Å²) in [7, 11) is 0. The van der Waals surface area contributed by atoms with Gasteiger partial charge in [-0.05, 0) is 86.9 Å². The molecule has 6 heteroatoms. The third-order valence-corrected chi connectivity index (χ3v) is 7.31. The van der Waals surface area contributed by atoms with Gasteiger partial charge in [0.2, 0.25) is 0 Å². The average molecular weight is 451 g/mol. The number of pyridine rings is 1. The third kappa shape index (κ3) is 3.64. The van der Waals surface area contributed by atoms with E-state index in [1.165, 1.54) is 42.6 Å². The van der Waals surface area contributed by atoms with Crippen molar-refractivity contribution in [3.8, 4) is 5.69 Å². The molecule has 3 aromatic rings. The van der Waals surface area contributed by atoms with Crippen molar-refractivity contribution < 1.29 is 0 Å². The maximum atomic E-state index is 6.14. The standard InChI is InChI=1S/C25H27ClN4S/c1-16-15-21(17(2)29(16)20-12-10-18(26)11-13-20)24-23(22-9-5-6-14-27-22)28-25(31)30(24)19-7-3-4-8-19/h5-6,9-15,19,23-24H,3-4,7-8H2,1-2H3,(H,28,31)/t23-,24-/m1/s1. The van der Waals surface area contributed by atoms with Crippen molar-refractivity contribution in [1.29, 1.82) is 0 Å². The molecule has 2 aromatic heterocycles. The Morgan fingerprint density at radius 3 is 2.48 bits per heavy atom. The maximum Gasteiger partial charge on any atom is 0.170 e. The van der Waals surface area contributed by atoms with Crippen molar-refractivity contribution in [2.45, 2.75) is 57.7 Å². The van der Waals surface area contributed by atoms with E-state index in [0.717, 1.165) is 21.5 Å². The fourth-order valence-corrected chi connectivity index (χ4v) is 5.86. The first-order chi connectivity index (χ1) is 15.0. The molecule has 5 rings (SSSR count). The highest BCUT2D eigenvalue weighted by Gasteiger charge is 2.44. The number of halogens is 1. The van der Waals surface area contributed by atoms with Crippen molar-refractivity contribution >= 4 is 28.9 Å². The molecule has 0 spiro atoms. The van der Waals surface area contributed by atoms with Crippen molar-refractivity contribution in [3.63, 3.8) is 0 Å². The van der Waals surface area contributed by atoms with Crippen LogP contribution < -0.4 is 5.32 Å². The number of aromatic nitrogens is 2. The van der Waals surface area contributed by atoms with Crippen LogP contribution in [0.3, 0.4) is 0 Å². The fraction of sp³-hybridized carbons (Fsp3) is 0.360. The largest absolute Gasteiger partial charge is 0.352 e. The van der Waals surface area contributed by atoms with Gasteiger partial charge in [-0.3, -0.25) is 4.98 Å². The van der Waals surface area contributed by atoms with Gasteiger partial charge in [0.1, 0.15) is 0 Å². The summed E-state index contributed by atoms with van der Waals surface area (Å²) >= 11 is 12.0. The van der Waals surface area contributed by atoms with Crippen LogP contribution in [-0.4, -0.2) is 25.6 Å². The van der Waals surface area contributed by atoms with Gasteiger partial charge in [0.25, 0.3) is 0 Å². The summed E-state index contributed by atoms with van der Waals surface area (Å²) in [5.41, 5.74) is 5.91. The lowest BCUT2D eigenvalue weighted by atomic mass is 9.95. The van der Waals surface area contributed by atoms with Crippen LogP contribution >= 0.6 is 23.8 Å². The summed E-state index contributed by atoms with van der Waals surface area (Å²) in [4.78, 5) is 7.16. The molecule has 2 aliphatic rings. The zero-order chi connectivity index (χ0) is 21.5. The Morgan fingerprint density at radius 2 is 1.81 bits per heavy atom. The SMILES string of the molecule is Cc1cc([C@@H]2[C@@H](c3ccccn3)NC(=S)N2C2CCCC2)c(C)n1-c1ccc(Cl)cc1. The normalized spacial score (nSPS) is 21.6. The zero-order valence-corrected chi connectivity index (χ0v) is 19.5. The van der Waals surface area contributed by atoms with Crippen molar-refractivity contribution in [3.05, 3.63) is 82.4 Å². The number of nitrogens with one attached hydrogen (secondary N) is 1. The van der Waals surface area contributed by atoms with Crippen LogP contribution in [0.1, 0.15) is 60.4 Å². The van der Waals surface area contributed by atoms with E-state index in [1.807, 2.05) is 24.4 Å². The number of aryl methyl sites for hydroxylation is 1. The summed E-state index contributed by atoms with van der Waals surface area (Å²) in [6.45, 7) is 4.38. The van der Waals surface area contributed by atoms with Crippen LogP contribution in [-0.2, 0) is 0 Å². The molecule has 1 N–H and O–H groups in total. The Labute approximate surface area is 194 Å². The molecule has 1 aromatic carbocycles. The molecule has 3 heterocycles. The van der Waals surface area contributed by atoms with E-state index in [-0.39, 0.29) is 12.1 Å². The Balaban J connectivity index is 1.63. The molecule has 2 atom stereocenters. The van der Waals surface area contributed by atoms with Gasteiger partial charge < -0.3 is 14.8 Å². The number of benzene rings is 1. The first kappa shape index (κ1) is 20.5. The van der Waals surface area contributed by atoms with Crippen molar-refractivity contribution in [2.75, 3.05) is 0 Å². The molecule has 1 aliphatic carbocycles. The quantitative estimate of drug-likeness (QED) is 0.490. The Bertz CT molecular complexity index is 1090. The minimum Gasteiger partial charge on any atom is -0.352 e. The molecule has 0 amide bonds. The van der Waals surface area contributed by atoms with Gasteiger partial charge >= 0.3 is 0 Å². The smallest absolute Gasteiger partial charge is 0.170 e.